The van der Waals surface area contributed by atoms with Crippen molar-refractivity contribution in [3.63, 3.8) is 0 Å². The highest BCUT2D eigenvalue weighted by molar-refractivity contribution is 6.40. The molecule has 0 radical (unpaired) electrons. The summed E-state index contributed by atoms with van der Waals surface area (Å²) >= 11 is 0. The fourth-order valence-electron chi connectivity index (χ4n) is 3.13. The summed E-state index contributed by atoms with van der Waals surface area (Å²) in [6.45, 7) is 9.81. The molecule has 1 rings (SSSR count). The standard InChI is InChI=1S/C30H51NO13/c31-6-7-34-8-9-35-10-11-36-12-13-37-14-15-38-16-17-39-18-19-40-20-21-41-22-23-42-24-25-43-26-27-44-30(33)29(32)28-4-2-1-3-5-28/h1-5H,6-27,31H2. The number of rotatable bonds is 34. The van der Waals surface area contributed by atoms with Crippen molar-refractivity contribution in [3.05, 3.63) is 35.9 Å². The molecule has 0 spiro atoms. The molecule has 0 unspecified atom stereocenters. The number of carbonyl (C=O) groups excluding carboxylic acids is 2. The SMILES string of the molecule is NCCOCCOCCOCCOCCOCCOCCOCCOCCOCCOCCOC(=O)C(=O)c1ccccc1. The van der Waals surface area contributed by atoms with Gasteiger partial charge >= 0.3 is 5.97 Å². The third-order valence-corrected chi connectivity index (χ3v) is 5.29. The Morgan fingerprint density at radius 3 is 0.977 bits per heavy atom. The van der Waals surface area contributed by atoms with Crippen LogP contribution >= 0.6 is 0 Å². The van der Waals surface area contributed by atoms with Crippen LogP contribution < -0.4 is 5.73 Å². The van der Waals surface area contributed by atoms with Crippen LogP contribution in [0.15, 0.2) is 30.3 Å². The van der Waals surface area contributed by atoms with Crippen molar-refractivity contribution in [2.45, 2.75) is 0 Å². The molecule has 0 fully saturated rings. The average molecular weight is 634 g/mol. The summed E-state index contributed by atoms with van der Waals surface area (Å²) in [6.07, 6.45) is 0. The van der Waals surface area contributed by atoms with E-state index in [-0.39, 0.29) is 13.2 Å². The minimum atomic E-state index is -0.897. The number of benzene rings is 1. The van der Waals surface area contributed by atoms with Crippen molar-refractivity contribution < 1.29 is 61.7 Å². The maximum absolute atomic E-state index is 11.9. The highest BCUT2D eigenvalue weighted by atomic mass is 16.6. The molecule has 0 atom stereocenters. The molecule has 0 heterocycles. The van der Waals surface area contributed by atoms with Gasteiger partial charge in [0.2, 0.25) is 0 Å². The van der Waals surface area contributed by atoms with Crippen LogP contribution in [0.3, 0.4) is 0 Å². The quantitative estimate of drug-likeness (QED) is 0.0484. The van der Waals surface area contributed by atoms with Crippen molar-refractivity contribution in [3.8, 4) is 0 Å². The van der Waals surface area contributed by atoms with Gasteiger partial charge in [0.15, 0.2) is 0 Å². The van der Waals surface area contributed by atoms with E-state index in [2.05, 4.69) is 0 Å². The van der Waals surface area contributed by atoms with Gasteiger partial charge in [0.25, 0.3) is 5.78 Å². The first kappa shape index (κ1) is 39.9. The number of Topliss-reactive ketones (excluding diaryl/α,β-unsaturated/α-hetero) is 1. The smallest absolute Gasteiger partial charge is 0.379 e. The molecule has 0 bridgehead atoms. The average Bonchev–Trinajstić information content (AvgIpc) is 3.05. The van der Waals surface area contributed by atoms with E-state index in [0.717, 1.165) is 0 Å². The molecule has 14 nitrogen and oxygen atoms in total. The van der Waals surface area contributed by atoms with E-state index in [9.17, 15) is 9.59 Å². The van der Waals surface area contributed by atoms with E-state index in [4.69, 9.17) is 57.8 Å². The topological polar surface area (TPSA) is 162 Å². The Hall–Kier alpha value is -2.08. The Balaban J connectivity index is 1.67. The lowest BCUT2D eigenvalue weighted by atomic mass is 10.1. The maximum atomic E-state index is 11.9. The molecule has 1 aromatic rings. The largest absolute Gasteiger partial charge is 0.457 e. The van der Waals surface area contributed by atoms with Crippen molar-refractivity contribution >= 4 is 11.8 Å². The van der Waals surface area contributed by atoms with Crippen LogP contribution in [0, 0.1) is 0 Å². The Labute approximate surface area is 260 Å². The zero-order valence-electron chi connectivity index (χ0n) is 25.8. The van der Waals surface area contributed by atoms with Gasteiger partial charge in [-0.15, -0.1) is 0 Å². The molecule has 0 aliphatic heterocycles. The third kappa shape index (κ3) is 26.3. The highest BCUT2D eigenvalue weighted by Gasteiger charge is 2.17. The minimum absolute atomic E-state index is 0.00204. The maximum Gasteiger partial charge on any atom is 0.379 e. The van der Waals surface area contributed by atoms with Crippen LogP contribution in [0.5, 0.6) is 0 Å². The molecule has 0 aromatic heterocycles. The van der Waals surface area contributed by atoms with Gasteiger partial charge in [-0.05, 0) is 0 Å². The van der Waals surface area contributed by atoms with E-state index in [1.807, 2.05) is 0 Å². The lowest BCUT2D eigenvalue weighted by Gasteiger charge is -2.09. The molecule has 0 aliphatic carbocycles. The van der Waals surface area contributed by atoms with Crippen LogP contribution in [0.25, 0.3) is 0 Å². The first-order valence-corrected chi connectivity index (χ1v) is 15.0. The van der Waals surface area contributed by atoms with E-state index < -0.39 is 11.8 Å². The molecule has 0 aliphatic rings. The van der Waals surface area contributed by atoms with Crippen LogP contribution in [0.1, 0.15) is 10.4 Å². The van der Waals surface area contributed by atoms with E-state index >= 15 is 0 Å². The van der Waals surface area contributed by atoms with Gasteiger partial charge in [0.05, 0.1) is 132 Å². The minimum Gasteiger partial charge on any atom is -0.457 e. The second-order valence-electron chi connectivity index (χ2n) is 8.74. The number of carbonyl (C=O) groups is 2. The van der Waals surface area contributed by atoms with E-state index in [1.54, 1.807) is 30.3 Å². The second-order valence-corrected chi connectivity index (χ2v) is 8.74. The van der Waals surface area contributed by atoms with Crippen LogP contribution in [-0.2, 0) is 56.9 Å². The fraction of sp³-hybridized carbons (Fsp3) is 0.733. The van der Waals surface area contributed by atoms with E-state index in [1.165, 1.54) is 0 Å². The van der Waals surface area contributed by atoms with Gasteiger partial charge in [-0.1, -0.05) is 30.3 Å². The van der Waals surface area contributed by atoms with Crippen molar-refractivity contribution in [1.82, 2.24) is 0 Å². The lowest BCUT2D eigenvalue weighted by Crippen LogP contribution is -2.20. The first-order chi connectivity index (χ1) is 21.8. The van der Waals surface area contributed by atoms with Crippen LogP contribution in [0.2, 0.25) is 0 Å². The number of ketones is 1. The second kappa shape index (κ2) is 32.3. The van der Waals surface area contributed by atoms with Crippen molar-refractivity contribution in [2.75, 3.05) is 145 Å². The molecule has 1 aromatic carbocycles. The lowest BCUT2D eigenvalue weighted by molar-refractivity contribution is -0.139. The predicted molar refractivity (Wildman–Crippen MR) is 159 cm³/mol. The number of nitrogens with two attached hydrogens (primary N) is 1. The van der Waals surface area contributed by atoms with Crippen molar-refractivity contribution in [1.29, 1.82) is 0 Å². The van der Waals surface area contributed by atoms with Gasteiger partial charge in [-0.3, -0.25) is 4.79 Å². The Morgan fingerprint density at radius 1 is 0.409 bits per heavy atom. The Morgan fingerprint density at radius 2 is 0.682 bits per heavy atom. The molecular formula is C30H51NO13. The number of esters is 1. The number of ether oxygens (including phenoxy) is 11. The van der Waals surface area contributed by atoms with Gasteiger partial charge in [-0.25, -0.2) is 4.79 Å². The normalized spacial score (nSPS) is 11.2. The molecular weight excluding hydrogens is 582 g/mol. The van der Waals surface area contributed by atoms with Crippen LogP contribution in [-0.4, -0.2) is 157 Å². The number of hydrogen-bond acceptors (Lipinski definition) is 14. The van der Waals surface area contributed by atoms with Gasteiger partial charge in [-0.2, -0.15) is 0 Å². The summed E-state index contributed by atoms with van der Waals surface area (Å²) in [5, 5.41) is 0. The third-order valence-electron chi connectivity index (χ3n) is 5.29. The summed E-state index contributed by atoms with van der Waals surface area (Å²) in [4.78, 5) is 23.6. The Bertz CT molecular complexity index is 773. The molecule has 14 heteroatoms. The Kier molecular flexibility index (Phi) is 29.3. The summed E-state index contributed by atoms with van der Waals surface area (Å²) in [7, 11) is 0. The van der Waals surface area contributed by atoms with Gasteiger partial charge in [0, 0.05) is 12.1 Å². The van der Waals surface area contributed by atoms with Crippen molar-refractivity contribution in [2.24, 2.45) is 5.73 Å². The van der Waals surface area contributed by atoms with Gasteiger partial charge in [0.1, 0.15) is 6.61 Å². The summed E-state index contributed by atoms with van der Waals surface area (Å²) in [5.41, 5.74) is 5.62. The van der Waals surface area contributed by atoms with E-state index in [0.29, 0.717) is 138 Å². The van der Waals surface area contributed by atoms with Crippen LogP contribution in [0.4, 0.5) is 0 Å². The molecule has 44 heavy (non-hydrogen) atoms. The summed E-state index contributed by atoms with van der Waals surface area (Å²) in [5.74, 6) is -1.57. The fourth-order valence-corrected chi connectivity index (χ4v) is 3.13. The molecule has 0 saturated carbocycles. The molecule has 0 saturated heterocycles. The highest BCUT2D eigenvalue weighted by Crippen LogP contribution is 2.01. The summed E-state index contributed by atoms with van der Waals surface area (Å²) in [6, 6.07) is 8.25. The first-order valence-electron chi connectivity index (χ1n) is 15.0. The molecule has 0 amide bonds. The predicted octanol–water partition coefficient (Wildman–Crippen LogP) is 0.537. The zero-order chi connectivity index (χ0) is 31.6. The number of hydrogen-bond donors (Lipinski definition) is 1. The molecule has 254 valence electrons. The summed E-state index contributed by atoms with van der Waals surface area (Å²) < 4.78 is 58.8. The monoisotopic (exact) mass is 633 g/mol. The van der Waals surface area contributed by atoms with Gasteiger partial charge < -0.3 is 57.8 Å². The zero-order valence-corrected chi connectivity index (χ0v) is 25.8. The molecule has 2 N–H and O–H groups in total.